The minimum atomic E-state index is -3.97. The van der Waals surface area contributed by atoms with Crippen molar-refractivity contribution >= 4 is 45.7 Å². The maximum atomic E-state index is 14.4. The Hall–Kier alpha value is -4.80. The van der Waals surface area contributed by atoms with Crippen LogP contribution in [0.3, 0.4) is 0 Å². The summed E-state index contributed by atoms with van der Waals surface area (Å²) in [6, 6.07) is 1.59. The number of Topliss-reactive ketones (excluding diaryl/α,β-unsaturated/α-hetero) is 1. The number of hydrogen-bond donors (Lipinski definition) is 3. The molecule has 53 heavy (non-hydrogen) atoms. The number of halogens is 1. The van der Waals surface area contributed by atoms with Gasteiger partial charge in [0, 0.05) is 30.9 Å². The van der Waals surface area contributed by atoms with Gasteiger partial charge in [0.2, 0.25) is 21.8 Å². The van der Waals surface area contributed by atoms with E-state index in [1.165, 1.54) is 23.1 Å². The second kappa shape index (κ2) is 14.9. The Morgan fingerprint density at radius 3 is 2.42 bits per heavy atom. The van der Waals surface area contributed by atoms with E-state index in [9.17, 15) is 41.6 Å². The third-order valence-electron chi connectivity index (χ3n) is 9.80. The van der Waals surface area contributed by atoms with Crippen LogP contribution in [-0.2, 0) is 51.8 Å². The van der Waals surface area contributed by atoms with Gasteiger partial charge in [-0.25, -0.2) is 22.4 Å². The fraction of sp³-hybridized carbons (Fsp3) is 0.556. The number of ether oxygens (including phenoxy) is 2. The topological polar surface area (TPSA) is 198 Å². The monoisotopic (exact) mass is 759 g/mol. The quantitative estimate of drug-likeness (QED) is 0.211. The maximum Gasteiger partial charge on any atom is 0.410 e. The number of nitrogens with one attached hydrogen (secondary N) is 3. The lowest BCUT2D eigenvalue weighted by molar-refractivity contribution is -0.141. The van der Waals surface area contributed by atoms with Gasteiger partial charge in [0.05, 0.1) is 18.3 Å². The fourth-order valence-corrected chi connectivity index (χ4v) is 7.84. The highest BCUT2D eigenvalue weighted by atomic mass is 32.2. The molecule has 0 aromatic heterocycles. The highest BCUT2D eigenvalue weighted by Crippen LogP contribution is 2.45. The van der Waals surface area contributed by atoms with Crippen LogP contribution in [0.25, 0.3) is 0 Å². The molecule has 5 amide bonds. The Balaban J connectivity index is 1.40. The largest absolute Gasteiger partial charge is 0.444 e. The molecule has 2 saturated carbocycles. The van der Waals surface area contributed by atoms with Crippen molar-refractivity contribution in [2.45, 2.75) is 114 Å². The van der Waals surface area contributed by atoms with Crippen LogP contribution in [0.15, 0.2) is 42.5 Å². The predicted molar refractivity (Wildman–Crippen MR) is 188 cm³/mol. The van der Waals surface area contributed by atoms with Crippen LogP contribution in [0.4, 0.5) is 14.0 Å². The highest BCUT2D eigenvalue weighted by molar-refractivity contribution is 7.91. The number of alkyl carbamates (subject to hydrolysis) is 1. The first-order valence-electron chi connectivity index (χ1n) is 17.5. The van der Waals surface area contributed by atoms with Gasteiger partial charge in [-0.2, -0.15) is 0 Å². The standard InChI is InChI=1S/C36H46FN5O10S/c1-7-20(3)29(43)15-27(38-33(47)52-35(4,5)6)31(45)42-18-23(51-34(48)41-17-21-10-9-11-26(37)25(21)19-41)14-28(42)30(44)39-36(16-22(36)8-2)32(46)40-53(49,50)24-12-13-24/h7-11,22-24,27-28H,2,12-19H2,1,3-6H3,(H,38,47)(H,39,44)(H,40,46)/t22-,23?,27+,28+,36-/m1/s1. The average molecular weight is 760 g/mol. The maximum absolute atomic E-state index is 14.4. The molecule has 15 nitrogen and oxygen atoms in total. The average Bonchev–Trinajstić information content (AvgIpc) is 3.97. The van der Waals surface area contributed by atoms with Crippen molar-refractivity contribution in [2.24, 2.45) is 5.92 Å². The first-order chi connectivity index (χ1) is 24.8. The third kappa shape index (κ3) is 8.88. The molecule has 5 rings (SSSR count). The lowest BCUT2D eigenvalue weighted by Gasteiger charge is -2.30. The summed E-state index contributed by atoms with van der Waals surface area (Å²) in [6.45, 7) is 11.4. The third-order valence-corrected chi connectivity index (χ3v) is 11.6. The van der Waals surface area contributed by atoms with Crippen LogP contribution < -0.4 is 15.4 Å². The van der Waals surface area contributed by atoms with Crippen molar-refractivity contribution in [2.75, 3.05) is 6.54 Å². The number of carbonyl (C=O) groups is 6. The molecule has 0 radical (unpaired) electrons. The van der Waals surface area contributed by atoms with E-state index in [1.807, 2.05) is 0 Å². The molecular weight excluding hydrogens is 713 g/mol. The minimum absolute atomic E-state index is 0.0410. The van der Waals surface area contributed by atoms with Crippen molar-refractivity contribution < 1.29 is 51.0 Å². The van der Waals surface area contributed by atoms with Gasteiger partial charge in [-0.15, -0.1) is 6.58 Å². The summed E-state index contributed by atoms with van der Waals surface area (Å²) in [5.74, 6) is -4.24. The number of carbonyl (C=O) groups excluding carboxylic acids is 6. The summed E-state index contributed by atoms with van der Waals surface area (Å²) in [7, 11) is -3.97. The molecule has 0 spiro atoms. The van der Waals surface area contributed by atoms with Gasteiger partial charge in [0.15, 0.2) is 5.78 Å². The van der Waals surface area contributed by atoms with Gasteiger partial charge in [0.25, 0.3) is 5.91 Å². The molecule has 5 atom stereocenters. The molecular formula is C36H46FN5O10S. The van der Waals surface area contributed by atoms with E-state index < -0.39 is 98.4 Å². The Kier molecular flexibility index (Phi) is 11.1. The summed E-state index contributed by atoms with van der Waals surface area (Å²) < 4.78 is 52.9. The molecule has 1 unspecified atom stereocenters. The van der Waals surface area contributed by atoms with Gasteiger partial charge < -0.3 is 25.0 Å². The number of ketones is 1. The number of rotatable bonds is 12. The molecule has 17 heteroatoms. The van der Waals surface area contributed by atoms with Gasteiger partial charge >= 0.3 is 12.2 Å². The first-order valence-corrected chi connectivity index (χ1v) is 19.0. The Labute approximate surface area is 307 Å². The molecule has 2 heterocycles. The van der Waals surface area contributed by atoms with E-state index in [1.54, 1.807) is 46.8 Å². The molecule has 2 aliphatic carbocycles. The Bertz CT molecular complexity index is 1860. The SMILES string of the molecule is C=C[C@@H]1C[C@]1(NC(=O)[C@@H]1CC(OC(=O)N2Cc3cccc(F)c3C2)CN1C(=O)[C@H](CC(=O)C(C)=CC)NC(=O)OC(C)(C)C)C(=O)NS(=O)(=O)C1CC1. The van der Waals surface area contributed by atoms with Gasteiger partial charge in [-0.3, -0.25) is 28.8 Å². The Morgan fingerprint density at radius 2 is 1.83 bits per heavy atom. The summed E-state index contributed by atoms with van der Waals surface area (Å²) in [6.07, 6.45) is 0.153. The number of hydrogen-bond acceptors (Lipinski definition) is 10. The van der Waals surface area contributed by atoms with E-state index in [4.69, 9.17) is 9.47 Å². The fourth-order valence-electron chi connectivity index (χ4n) is 6.48. The highest BCUT2D eigenvalue weighted by Gasteiger charge is 2.62. The normalized spacial score (nSPS) is 24.4. The molecule has 3 fully saturated rings. The van der Waals surface area contributed by atoms with Crippen LogP contribution >= 0.6 is 0 Å². The summed E-state index contributed by atoms with van der Waals surface area (Å²) in [4.78, 5) is 83.5. The van der Waals surface area contributed by atoms with Crippen LogP contribution in [0.2, 0.25) is 0 Å². The number of allylic oxidation sites excluding steroid dienone is 2. The summed E-state index contributed by atoms with van der Waals surface area (Å²) in [5.41, 5.74) is -1.37. The molecule has 3 N–H and O–H groups in total. The number of sulfonamides is 1. The van der Waals surface area contributed by atoms with Gasteiger partial charge in [0.1, 0.15) is 35.1 Å². The number of benzene rings is 1. The van der Waals surface area contributed by atoms with Crippen LogP contribution in [0.1, 0.15) is 77.8 Å². The van der Waals surface area contributed by atoms with Crippen molar-refractivity contribution in [3.05, 3.63) is 59.4 Å². The van der Waals surface area contributed by atoms with Gasteiger partial charge in [-0.05, 0) is 71.1 Å². The van der Waals surface area contributed by atoms with E-state index in [-0.39, 0.29) is 32.5 Å². The van der Waals surface area contributed by atoms with E-state index in [0.29, 0.717) is 29.5 Å². The van der Waals surface area contributed by atoms with Crippen LogP contribution in [-0.4, -0.2) is 95.0 Å². The second-order valence-corrected chi connectivity index (χ2v) is 16.9. The number of nitrogens with zero attached hydrogens (tertiary/aromatic N) is 2. The van der Waals surface area contributed by atoms with E-state index in [2.05, 4.69) is 21.9 Å². The lowest BCUT2D eigenvalue weighted by Crippen LogP contribution is -2.58. The zero-order valence-electron chi connectivity index (χ0n) is 30.4. The zero-order chi connectivity index (χ0) is 39.0. The van der Waals surface area contributed by atoms with Crippen molar-refractivity contribution in [3.63, 3.8) is 0 Å². The molecule has 4 aliphatic rings. The molecule has 1 saturated heterocycles. The molecule has 0 bridgehead atoms. The van der Waals surface area contributed by atoms with Crippen molar-refractivity contribution in [1.82, 2.24) is 25.2 Å². The lowest BCUT2D eigenvalue weighted by atomic mass is 10.0. The first kappa shape index (κ1) is 39.4. The molecule has 288 valence electrons. The van der Waals surface area contributed by atoms with Crippen LogP contribution in [0.5, 0.6) is 0 Å². The smallest absolute Gasteiger partial charge is 0.410 e. The van der Waals surface area contributed by atoms with Crippen molar-refractivity contribution in [3.8, 4) is 0 Å². The van der Waals surface area contributed by atoms with Crippen LogP contribution in [0, 0.1) is 11.7 Å². The molecule has 2 aliphatic heterocycles. The van der Waals surface area contributed by atoms with E-state index in [0.717, 1.165) is 4.90 Å². The second-order valence-electron chi connectivity index (χ2n) is 15.0. The summed E-state index contributed by atoms with van der Waals surface area (Å²) in [5, 5.41) is 4.38. The van der Waals surface area contributed by atoms with E-state index >= 15 is 0 Å². The predicted octanol–water partition coefficient (Wildman–Crippen LogP) is 2.74. The van der Waals surface area contributed by atoms with Crippen molar-refractivity contribution in [1.29, 1.82) is 0 Å². The Morgan fingerprint density at radius 1 is 1.13 bits per heavy atom. The number of amides is 5. The molecule has 1 aromatic carbocycles. The summed E-state index contributed by atoms with van der Waals surface area (Å²) >= 11 is 0. The van der Waals surface area contributed by atoms with Gasteiger partial charge in [-0.1, -0.05) is 24.3 Å². The zero-order valence-corrected chi connectivity index (χ0v) is 31.2. The minimum Gasteiger partial charge on any atom is -0.444 e. The molecule has 1 aromatic rings. The number of likely N-dealkylation sites (tertiary alicyclic amines) is 1. The number of fused-ring (bicyclic) bond motifs is 1.